The number of rotatable bonds is 9. The number of carbonyl (C=O) groups excluding carboxylic acids is 3. The van der Waals surface area contributed by atoms with Crippen molar-refractivity contribution in [2.24, 2.45) is 16.6 Å². The predicted octanol–water partition coefficient (Wildman–Crippen LogP) is 1.04. The molecule has 2 aromatic rings. The third kappa shape index (κ3) is 3.89. The van der Waals surface area contributed by atoms with Crippen LogP contribution in [-0.4, -0.2) is 84.0 Å². The summed E-state index contributed by atoms with van der Waals surface area (Å²) in [4.78, 5) is 45.7. The van der Waals surface area contributed by atoms with E-state index in [4.69, 9.17) is 5.73 Å². The molecule has 1 heterocycles. The molecular weight excluding hydrogens is 580 g/mol. The normalized spacial score (nSPS) is 29.6. The number of aromatic hydroxyl groups is 1. The number of aliphatic hydroxyl groups excluding tert-OH is 3. The number of hydrogen-bond donors (Lipinski definition) is 7. The smallest absolute Gasteiger partial charge is 0.255 e. The molecule has 0 aromatic heterocycles. The average Bonchev–Trinajstić information content (AvgIpc) is 3.00. The van der Waals surface area contributed by atoms with Crippen LogP contribution in [0.1, 0.15) is 28.2 Å². The molecule has 0 bridgehead atoms. The fraction of sp³-hybridized carbons (Fsp3) is 0.273. The van der Waals surface area contributed by atoms with E-state index in [1.165, 1.54) is 6.21 Å². The number of nitrogens with zero attached hydrogens (tertiary/aromatic N) is 2. The van der Waals surface area contributed by atoms with Gasteiger partial charge in [0.2, 0.25) is 5.78 Å². The number of nitrogens with one attached hydrogen (secondary N) is 1. The van der Waals surface area contributed by atoms with Crippen LogP contribution in [0.25, 0.3) is 5.76 Å². The van der Waals surface area contributed by atoms with Gasteiger partial charge in [0.15, 0.2) is 11.4 Å². The molecule has 12 nitrogen and oxygen atoms in total. The fourth-order valence-corrected chi connectivity index (χ4v) is 7.25. The lowest BCUT2D eigenvalue weighted by Gasteiger charge is -2.60. The van der Waals surface area contributed by atoms with Crippen LogP contribution in [-0.2, 0) is 27.3 Å². The van der Waals surface area contributed by atoms with E-state index in [1.807, 2.05) is 30.3 Å². The van der Waals surface area contributed by atoms with E-state index < -0.39 is 75.3 Å². The van der Waals surface area contributed by atoms with Gasteiger partial charge in [0.1, 0.15) is 34.4 Å². The third-order valence-corrected chi connectivity index (χ3v) is 9.45. The van der Waals surface area contributed by atoms with Crippen molar-refractivity contribution in [2.75, 3.05) is 6.54 Å². The summed E-state index contributed by atoms with van der Waals surface area (Å²) in [7, 11) is 0. The van der Waals surface area contributed by atoms with E-state index in [1.54, 1.807) is 12.1 Å². The molecule has 1 amide bonds. The molecule has 232 valence electrons. The zero-order chi connectivity index (χ0) is 32.4. The first-order valence-electron chi connectivity index (χ1n) is 14.3. The second-order valence-corrected chi connectivity index (χ2v) is 11.5. The molecule has 6 atom stereocenters. The second-order valence-electron chi connectivity index (χ2n) is 11.5. The summed E-state index contributed by atoms with van der Waals surface area (Å²) >= 11 is 0. The number of ketones is 2. The van der Waals surface area contributed by atoms with Crippen molar-refractivity contribution in [3.63, 3.8) is 0 Å². The third-order valence-electron chi connectivity index (χ3n) is 9.45. The van der Waals surface area contributed by atoms with Gasteiger partial charge in [0, 0.05) is 18.3 Å². The van der Waals surface area contributed by atoms with Gasteiger partial charge in [-0.25, -0.2) is 0 Å². The molecule has 8 N–H and O–H groups in total. The lowest BCUT2D eigenvalue weighted by Crippen LogP contribution is -2.76. The Morgan fingerprint density at radius 2 is 1.78 bits per heavy atom. The van der Waals surface area contributed by atoms with Gasteiger partial charge >= 0.3 is 0 Å². The Labute approximate surface area is 257 Å². The monoisotopic (exact) mass is 612 g/mol. The highest BCUT2D eigenvalue weighted by Gasteiger charge is 2.75. The number of nitrogens with two attached hydrogens (primary N) is 1. The Bertz CT molecular complexity index is 1760. The van der Waals surface area contributed by atoms with Gasteiger partial charge in [-0.2, -0.15) is 0 Å². The molecule has 0 unspecified atom stereocenters. The number of hydrogen-bond acceptors (Lipinski definition) is 11. The summed E-state index contributed by atoms with van der Waals surface area (Å²) in [6, 6.07) is 11.5. The van der Waals surface area contributed by atoms with E-state index in [0.717, 1.165) is 29.3 Å². The molecule has 12 heteroatoms. The van der Waals surface area contributed by atoms with E-state index in [0.29, 0.717) is 17.7 Å². The number of phenols is 1. The molecule has 45 heavy (non-hydrogen) atoms. The van der Waals surface area contributed by atoms with Crippen LogP contribution in [0, 0.1) is 5.92 Å². The lowest BCUT2D eigenvalue weighted by atomic mass is 9.49. The highest BCUT2D eigenvalue weighted by Crippen LogP contribution is 2.62. The quantitative estimate of drug-likeness (QED) is 0.158. The first kappa shape index (κ1) is 30.0. The predicted molar refractivity (Wildman–Crippen MR) is 163 cm³/mol. The Morgan fingerprint density at radius 3 is 2.38 bits per heavy atom. The summed E-state index contributed by atoms with van der Waals surface area (Å²) < 4.78 is 0. The van der Waals surface area contributed by atoms with Gasteiger partial charge < -0.3 is 41.5 Å². The van der Waals surface area contributed by atoms with Gasteiger partial charge in [0.05, 0.1) is 29.1 Å². The standard InChI is InChI=1S/C33H32N4O8/c1-3-37(4-2)24-22-29(42)32-19(15-36-32)18-11-10-17(14-35-13-12-16-8-6-5-7-9-16)25(38)20(18)26(39)23(32)30(43)33(22,45)28(41)21(27(24)40)31(34)44/h3-11,15,19,22,24,29,35,38-39,41-42,45H,1-2,12-14H2,(H2,34,44)/t19-,22+,24-,29+,32-,33+/m0/s1. The zero-order valence-corrected chi connectivity index (χ0v) is 24.1. The van der Waals surface area contributed by atoms with Crippen LogP contribution in [0.15, 0.2) is 89.9 Å². The summed E-state index contributed by atoms with van der Waals surface area (Å²) in [6.07, 6.45) is 2.57. The van der Waals surface area contributed by atoms with Crippen LogP contribution in [0.2, 0.25) is 0 Å². The number of amides is 1. The second kappa shape index (κ2) is 10.5. The first-order valence-corrected chi connectivity index (χ1v) is 14.3. The van der Waals surface area contributed by atoms with Crippen molar-refractivity contribution in [3.8, 4) is 5.75 Å². The van der Waals surface area contributed by atoms with Crippen molar-refractivity contribution in [3.05, 3.63) is 107 Å². The summed E-state index contributed by atoms with van der Waals surface area (Å²) in [5.74, 6) is -8.91. The van der Waals surface area contributed by atoms with Crippen molar-refractivity contribution in [1.82, 2.24) is 10.2 Å². The fourth-order valence-electron chi connectivity index (χ4n) is 7.25. The summed E-state index contributed by atoms with van der Waals surface area (Å²) in [5, 5.41) is 61.4. The minimum absolute atomic E-state index is 0.0948. The highest BCUT2D eigenvalue weighted by atomic mass is 16.4. The molecule has 0 radical (unpaired) electrons. The van der Waals surface area contributed by atoms with Gasteiger partial charge in [-0.1, -0.05) is 55.6 Å². The van der Waals surface area contributed by atoms with Crippen molar-refractivity contribution >= 4 is 29.4 Å². The van der Waals surface area contributed by atoms with Gasteiger partial charge in [-0.05, 0) is 36.5 Å². The molecule has 2 aromatic carbocycles. The van der Waals surface area contributed by atoms with Crippen molar-refractivity contribution < 1.29 is 39.9 Å². The molecule has 1 saturated carbocycles. The molecule has 1 spiro atoms. The lowest BCUT2D eigenvalue weighted by molar-refractivity contribution is -0.170. The average molecular weight is 613 g/mol. The van der Waals surface area contributed by atoms with Crippen molar-refractivity contribution in [2.45, 2.75) is 42.2 Å². The Balaban J connectivity index is 1.46. The largest absolute Gasteiger partial charge is 0.508 e. The minimum atomic E-state index is -3.10. The topological polar surface area (TPSA) is 206 Å². The molecule has 1 fully saturated rings. The minimum Gasteiger partial charge on any atom is -0.508 e. The van der Waals surface area contributed by atoms with Crippen LogP contribution in [0.5, 0.6) is 5.75 Å². The molecule has 4 aliphatic rings. The first-order chi connectivity index (χ1) is 21.5. The van der Waals surface area contributed by atoms with Crippen LogP contribution in [0.3, 0.4) is 0 Å². The number of benzene rings is 2. The number of primary amides is 1. The molecule has 1 aliphatic heterocycles. The van der Waals surface area contributed by atoms with Gasteiger partial charge in [-0.15, -0.1) is 0 Å². The van der Waals surface area contributed by atoms with E-state index in [-0.39, 0.29) is 17.9 Å². The van der Waals surface area contributed by atoms with Gasteiger partial charge in [0.25, 0.3) is 5.91 Å². The molecule has 3 aliphatic carbocycles. The van der Waals surface area contributed by atoms with Crippen molar-refractivity contribution in [1.29, 1.82) is 0 Å². The number of aliphatic hydroxyl groups is 4. The highest BCUT2D eigenvalue weighted by molar-refractivity contribution is 6.25. The molecule has 0 saturated heterocycles. The Morgan fingerprint density at radius 1 is 1.09 bits per heavy atom. The number of Topliss-reactive ketones (excluding diaryl/α,β-unsaturated/α-hetero) is 2. The summed E-state index contributed by atoms with van der Waals surface area (Å²) in [6.45, 7) is 8.03. The number of aliphatic imine (C=N–C) groups is 1. The van der Waals surface area contributed by atoms with Crippen LogP contribution < -0.4 is 11.1 Å². The molecule has 6 rings (SSSR count). The van der Waals surface area contributed by atoms with Crippen LogP contribution in [0.4, 0.5) is 0 Å². The molecular formula is C33H32N4O8. The van der Waals surface area contributed by atoms with Crippen LogP contribution >= 0.6 is 0 Å². The number of fused-ring (bicyclic) bond motifs is 3. The maximum absolute atomic E-state index is 14.4. The Kier molecular flexibility index (Phi) is 7.03. The SMILES string of the molecule is C=CN(C=C)[C@@H]1C(=O)C(C(N)=O)=C(O)[C@@]2(O)C(=O)C3=C(O)c4c(ccc(CNCCc5ccccc5)c4O)[C@@H]4C=N[C@]34[C@H](O)[C@@H]12. The zero-order valence-electron chi connectivity index (χ0n) is 24.1. The maximum atomic E-state index is 14.4. The Hall–Kier alpha value is -5.04. The summed E-state index contributed by atoms with van der Waals surface area (Å²) in [5.41, 5.74) is 0.595. The van der Waals surface area contributed by atoms with Gasteiger partial charge in [-0.3, -0.25) is 19.4 Å². The van der Waals surface area contributed by atoms with E-state index >= 15 is 0 Å². The number of phenolic OH excluding ortho intramolecular Hbond substituents is 1. The van der Waals surface area contributed by atoms with E-state index in [9.17, 15) is 39.9 Å². The number of carbonyl (C=O) groups is 3. The van der Waals surface area contributed by atoms with E-state index in [2.05, 4.69) is 23.5 Å². The maximum Gasteiger partial charge on any atom is 0.255 e.